The molecule has 0 aliphatic rings. The van der Waals surface area contributed by atoms with Crippen LogP contribution in [0.1, 0.15) is 39.7 Å². The second-order valence-electron chi connectivity index (χ2n) is 9.58. The molecule has 0 radical (unpaired) electrons. The minimum atomic E-state index is -2.63. The lowest BCUT2D eigenvalue weighted by Gasteiger charge is -2.43. The van der Waals surface area contributed by atoms with Gasteiger partial charge in [-0.1, -0.05) is 99.6 Å². The molecule has 5 heteroatoms. The SMILES string of the molecule is COc1ccc(/C=C/C(CCO[Si](c2ccccc2)(c2ccccc2)C(C)(C)C)OC(C)=O)cc1. The van der Waals surface area contributed by atoms with Gasteiger partial charge in [-0.3, -0.25) is 4.79 Å². The second kappa shape index (κ2) is 12.0. The molecule has 0 saturated heterocycles. The number of hydrogen-bond acceptors (Lipinski definition) is 4. The Morgan fingerprint density at radius 3 is 1.89 bits per heavy atom. The van der Waals surface area contributed by atoms with E-state index in [0.29, 0.717) is 13.0 Å². The summed E-state index contributed by atoms with van der Waals surface area (Å²) in [7, 11) is -0.986. The standard InChI is InChI=1S/C30H36O4Si/c1-24(31)34-27(21-18-25-16-19-26(32-5)20-17-25)22-23-33-35(30(2,3)4,28-12-8-6-9-13-28)29-14-10-7-11-15-29/h6-21,27H,22-23H2,1-5H3/b21-18+. The third-order valence-electron chi connectivity index (χ3n) is 6.07. The first-order valence-corrected chi connectivity index (χ1v) is 13.9. The lowest BCUT2D eigenvalue weighted by Crippen LogP contribution is -2.66. The molecule has 0 amide bonds. The van der Waals surface area contributed by atoms with Crippen LogP contribution < -0.4 is 15.1 Å². The predicted octanol–water partition coefficient (Wildman–Crippen LogP) is 5.61. The van der Waals surface area contributed by atoms with Gasteiger partial charge in [-0.25, -0.2) is 0 Å². The van der Waals surface area contributed by atoms with Crippen LogP contribution in [0, 0.1) is 0 Å². The molecule has 0 aliphatic heterocycles. The number of rotatable bonds is 10. The number of hydrogen-bond donors (Lipinski definition) is 0. The molecule has 4 nitrogen and oxygen atoms in total. The molecule has 3 aromatic rings. The van der Waals surface area contributed by atoms with E-state index in [4.69, 9.17) is 13.9 Å². The molecule has 0 bridgehead atoms. The Labute approximate surface area is 210 Å². The zero-order valence-electron chi connectivity index (χ0n) is 21.4. The minimum Gasteiger partial charge on any atom is -0.497 e. The van der Waals surface area contributed by atoms with E-state index < -0.39 is 8.32 Å². The van der Waals surface area contributed by atoms with E-state index in [1.807, 2.05) is 48.6 Å². The third-order valence-corrected chi connectivity index (χ3v) is 11.1. The highest BCUT2D eigenvalue weighted by molar-refractivity contribution is 6.99. The van der Waals surface area contributed by atoms with E-state index in [9.17, 15) is 4.79 Å². The molecule has 184 valence electrons. The van der Waals surface area contributed by atoms with Crippen molar-refractivity contribution in [2.45, 2.75) is 45.3 Å². The Morgan fingerprint density at radius 1 is 0.886 bits per heavy atom. The van der Waals surface area contributed by atoms with Crippen LogP contribution in [-0.4, -0.2) is 34.1 Å². The summed E-state index contributed by atoms with van der Waals surface area (Å²) in [6, 6.07) is 28.9. The first-order chi connectivity index (χ1) is 16.8. The largest absolute Gasteiger partial charge is 0.497 e. The molecular weight excluding hydrogens is 452 g/mol. The summed E-state index contributed by atoms with van der Waals surface area (Å²) in [6.07, 6.45) is 4.08. The Hall–Kier alpha value is -3.15. The second-order valence-corrected chi connectivity index (χ2v) is 13.9. The highest BCUT2D eigenvalue weighted by Gasteiger charge is 2.50. The molecule has 0 fully saturated rings. The summed E-state index contributed by atoms with van der Waals surface area (Å²) in [5, 5.41) is 2.36. The molecular formula is C30H36O4Si. The average Bonchev–Trinajstić information content (AvgIpc) is 2.85. The first kappa shape index (κ1) is 26.5. The highest BCUT2D eigenvalue weighted by atomic mass is 28.4. The van der Waals surface area contributed by atoms with E-state index >= 15 is 0 Å². The summed E-state index contributed by atoms with van der Waals surface area (Å²) in [5.74, 6) is 0.497. The van der Waals surface area contributed by atoms with Gasteiger partial charge in [0.2, 0.25) is 0 Å². The third kappa shape index (κ3) is 6.71. The Kier molecular flexibility index (Phi) is 9.07. The molecule has 1 atom stereocenters. The van der Waals surface area contributed by atoms with Gasteiger partial charge in [0.1, 0.15) is 11.9 Å². The summed E-state index contributed by atoms with van der Waals surface area (Å²) in [4.78, 5) is 11.8. The Balaban J connectivity index is 1.85. The minimum absolute atomic E-state index is 0.106. The molecule has 35 heavy (non-hydrogen) atoms. The maximum atomic E-state index is 11.8. The molecule has 3 rings (SSSR count). The zero-order chi connectivity index (χ0) is 25.3. The zero-order valence-corrected chi connectivity index (χ0v) is 22.4. The van der Waals surface area contributed by atoms with E-state index in [2.05, 4.69) is 69.3 Å². The Morgan fingerprint density at radius 2 is 1.43 bits per heavy atom. The lowest BCUT2D eigenvalue weighted by atomic mass is 10.1. The number of carbonyl (C=O) groups excluding carboxylic acids is 1. The van der Waals surface area contributed by atoms with Crippen molar-refractivity contribution >= 4 is 30.7 Å². The van der Waals surface area contributed by atoms with Crippen molar-refractivity contribution in [3.8, 4) is 5.75 Å². The lowest BCUT2D eigenvalue weighted by molar-refractivity contribution is -0.144. The van der Waals surface area contributed by atoms with Gasteiger partial charge in [0, 0.05) is 20.0 Å². The fraction of sp³-hybridized carbons (Fsp3) is 0.300. The van der Waals surface area contributed by atoms with Crippen molar-refractivity contribution in [1.29, 1.82) is 0 Å². The fourth-order valence-electron chi connectivity index (χ4n) is 4.43. The smallest absolute Gasteiger partial charge is 0.303 e. The maximum Gasteiger partial charge on any atom is 0.303 e. The summed E-state index contributed by atoms with van der Waals surface area (Å²) >= 11 is 0. The molecule has 0 heterocycles. The fourth-order valence-corrected chi connectivity index (χ4v) is 9.01. The monoisotopic (exact) mass is 488 g/mol. The predicted molar refractivity (Wildman–Crippen MR) is 146 cm³/mol. The van der Waals surface area contributed by atoms with Gasteiger partial charge < -0.3 is 13.9 Å². The average molecular weight is 489 g/mol. The summed E-state index contributed by atoms with van der Waals surface area (Å²) < 4.78 is 17.8. The number of methoxy groups -OCH3 is 1. The van der Waals surface area contributed by atoms with E-state index in [-0.39, 0.29) is 17.1 Å². The number of benzene rings is 3. The van der Waals surface area contributed by atoms with Crippen LogP contribution in [0.15, 0.2) is 91.0 Å². The van der Waals surface area contributed by atoms with Crippen molar-refractivity contribution in [2.75, 3.05) is 13.7 Å². The number of esters is 1. The molecule has 3 aromatic carbocycles. The molecule has 0 N–H and O–H groups in total. The van der Waals surface area contributed by atoms with Gasteiger partial charge in [0.25, 0.3) is 8.32 Å². The van der Waals surface area contributed by atoms with Crippen LogP contribution in [0.4, 0.5) is 0 Å². The van der Waals surface area contributed by atoms with Gasteiger partial charge in [-0.15, -0.1) is 0 Å². The van der Waals surface area contributed by atoms with Crippen LogP contribution in [-0.2, 0) is 14.0 Å². The van der Waals surface area contributed by atoms with Crippen LogP contribution in [0.2, 0.25) is 5.04 Å². The van der Waals surface area contributed by atoms with Crippen LogP contribution in [0.25, 0.3) is 6.08 Å². The van der Waals surface area contributed by atoms with Crippen molar-refractivity contribution in [3.63, 3.8) is 0 Å². The molecule has 0 spiro atoms. The normalized spacial score (nSPS) is 12.9. The van der Waals surface area contributed by atoms with Gasteiger partial charge in [-0.05, 0) is 39.2 Å². The molecule has 0 aliphatic carbocycles. The van der Waals surface area contributed by atoms with Gasteiger partial charge in [-0.2, -0.15) is 0 Å². The summed E-state index contributed by atoms with van der Waals surface area (Å²) in [5.41, 5.74) is 1.01. The van der Waals surface area contributed by atoms with Crippen molar-refractivity contribution in [3.05, 3.63) is 96.6 Å². The van der Waals surface area contributed by atoms with Crippen molar-refractivity contribution in [1.82, 2.24) is 0 Å². The molecule has 1 unspecified atom stereocenters. The molecule has 0 saturated carbocycles. The van der Waals surface area contributed by atoms with Crippen LogP contribution >= 0.6 is 0 Å². The van der Waals surface area contributed by atoms with Crippen molar-refractivity contribution < 1.29 is 18.7 Å². The van der Waals surface area contributed by atoms with Gasteiger partial charge in [0.05, 0.1) is 7.11 Å². The van der Waals surface area contributed by atoms with E-state index in [1.165, 1.54) is 17.3 Å². The van der Waals surface area contributed by atoms with Crippen LogP contribution in [0.5, 0.6) is 5.75 Å². The Bertz CT molecular complexity index is 1050. The maximum absolute atomic E-state index is 11.8. The number of carbonyl (C=O) groups is 1. The van der Waals surface area contributed by atoms with Gasteiger partial charge in [0.15, 0.2) is 0 Å². The van der Waals surface area contributed by atoms with Crippen LogP contribution in [0.3, 0.4) is 0 Å². The van der Waals surface area contributed by atoms with Crippen molar-refractivity contribution in [2.24, 2.45) is 0 Å². The summed E-state index contributed by atoms with van der Waals surface area (Å²) in [6.45, 7) is 8.68. The van der Waals surface area contributed by atoms with E-state index in [0.717, 1.165) is 11.3 Å². The quantitative estimate of drug-likeness (QED) is 0.275. The topological polar surface area (TPSA) is 44.8 Å². The van der Waals surface area contributed by atoms with Gasteiger partial charge >= 0.3 is 5.97 Å². The number of ether oxygens (including phenoxy) is 2. The highest BCUT2D eigenvalue weighted by Crippen LogP contribution is 2.36. The van der Waals surface area contributed by atoms with E-state index in [1.54, 1.807) is 7.11 Å². The first-order valence-electron chi connectivity index (χ1n) is 12.0. The molecule has 0 aromatic heterocycles.